The van der Waals surface area contributed by atoms with Crippen molar-refractivity contribution in [2.45, 2.75) is 25.9 Å². The van der Waals surface area contributed by atoms with Crippen molar-refractivity contribution in [3.05, 3.63) is 52.4 Å². The lowest BCUT2D eigenvalue weighted by Crippen LogP contribution is -2.47. The smallest absolute Gasteiger partial charge is 0.475 e. The molecule has 39 heavy (non-hydrogen) atoms. The zero-order chi connectivity index (χ0) is 28.2. The van der Waals surface area contributed by atoms with E-state index in [1.54, 1.807) is 0 Å². The van der Waals surface area contributed by atoms with Crippen LogP contribution in [-0.4, -0.2) is 88.8 Å². The van der Waals surface area contributed by atoms with Gasteiger partial charge in [0.15, 0.2) is 5.43 Å². The molecule has 1 aliphatic rings. The Morgan fingerprint density at radius 3 is 2.31 bits per heavy atom. The van der Waals surface area contributed by atoms with Crippen LogP contribution in [0.4, 0.5) is 18.9 Å². The van der Waals surface area contributed by atoms with Crippen molar-refractivity contribution >= 4 is 39.0 Å². The maximum Gasteiger partial charge on any atom is 0.490 e. The number of nitrogens with one attached hydrogen (secondary N) is 1. The number of hydrogen-bond donors (Lipinski definition) is 3. The summed E-state index contributed by atoms with van der Waals surface area (Å²) in [4.78, 5) is 32.0. The molecule has 12 heteroatoms. The summed E-state index contributed by atoms with van der Waals surface area (Å²) in [5.74, 6) is -2.76. The number of carboxylic acids is 1. The zero-order valence-corrected chi connectivity index (χ0v) is 21.8. The second-order valence-corrected chi connectivity index (χ2v) is 9.68. The molecule has 0 amide bonds. The van der Waals surface area contributed by atoms with Crippen LogP contribution in [-0.2, 0) is 4.79 Å². The number of rotatable bonds is 8. The number of nitrogens with zero attached hydrogens (tertiary/aromatic N) is 4. The van der Waals surface area contributed by atoms with Gasteiger partial charge in [-0.2, -0.15) is 13.2 Å². The van der Waals surface area contributed by atoms with Crippen molar-refractivity contribution < 1.29 is 23.1 Å². The van der Waals surface area contributed by atoms with E-state index in [4.69, 9.17) is 15.6 Å². The number of alkyl halides is 3. The van der Waals surface area contributed by atoms with E-state index < -0.39 is 12.1 Å². The van der Waals surface area contributed by atoms with E-state index in [2.05, 4.69) is 24.5 Å². The first kappa shape index (κ1) is 28.5. The van der Waals surface area contributed by atoms with Crippen LogP contribution in [0.1, 0.15) is 18.4 Å². The van der Waals surface area contributed by atoms with Crippen LogP contribution in [0.3, 0.4) is 0 Å². The Morgan fingerprint density at radius 1 is 1.05 bits per heavy atom. The van der Waals surface area contributed by atoms with Crippen LogP contribution < -0.4 is 16.5 Å². The van der Waals surface area contributed by atoms with Crippen LogP contribution in [0.2, 0.25) is 0 Å². The minimum Gasteiger partial charge on any atom is -0.475 e. The van der Waals surface area contributed by atoms with Crippen molar-refractivity contribution in [2.75, 3.05) is 57.7 Å². The molecule has 1 fully saturated rings. The predicted molar refractivity (Wildman–Crippen MR) is 146 cm³/mol. The molecule has 0 aliphatic carbocycles. The van der Waals surface area contributed by atoms with Crippen LogP contribution >= 0.6 is 0 Å². The van der Waals surface area contributed by atoms with E-state index in [0.29, 0.717) is 0 Å². The summed E-state index contributed by atoms with van der Waals surface area (Å²) >= 11 is 0. The van der Waals surface area contributed by atoms with Crippen molar-refractivity contribution in [1.82, 2.24) is 19.2 Å². The Bertz CT molecular complexity index is 1480. The number of aromatic nitrogens is 2. The summed E-state index contributed by atoms with van der Waals surface area (Å²) in [5.41, 5.74) is 10.3. The normalized spacial score (nSPS) is 15.1. The molecule has 2 aromatic carbocycles. The number of benzene rings is 2. The van der Waals surface area contributed by atoms with Gasteiger partial charge in [-0.25, -0.2) is 9.78 Å². The molecule has 2 aromatic heterocycles. The summed E-state index contributed by atoms with van der Waals surface area (Å²) in [7, 11) is 0. The van der Waals surface area contributed by atoms with Gasteiger partial charge in [-0.05, 0) is 63.2 Å². The molecular formula is C27H33F3N6O3. The molecule has 3 heterocycles. The van der Waals surface area contributed by atoms with E-state index in [1.807, 2.05) is 43.6 Å². The topological polar surface area (TPSA) is 116 Å². The van der Waals surface area contributed by atoms with E-state index >= 15 is 0 Å². The third-order valence-electron chi connectivity index (χ3n) is 7.03. The number of carbonyl (C=O) groups is 1. The molecule has 0 unspecified atom stereocenters. The van der Waals surface area contributed by atoms with Crippen molar-refractivity contribution in [1.29, 1.82) is 0 Å². The van der Waals surface area contributed by atoms with Gasteiger partial charge in [-0.1, -0.05) is 12.1 Å². The largest absolute Gasteiger partial charge is 0.490 e. The summed E-state index contributed by atoms with van der Waals surface area (Å²) in [5, 5.41) is 12.2. The van der Waals surface area contributed by atoms with Gasteiger partial charge < -0.3 is 26.0 Å². The standard InChI is InChI=1S/C25H32N6O.C2HF3O2/c1-18-5-2-6-21-22(18)25(32)23-19(7-8-20-24(23)31(21)17-28-20)27-10-4-12-30-15-13-29(14-16-30)11-3-9-26;3-2(4,5)1(6)7/h2,5-8,17,27H,3-4,9-16,26H2,1H3;(H,6,7). The van der Waals surface area contributed by atoms with Crippen molar-refractivity contribution in [3.63, 3.8) is 0 Å². The average molecular weight is 547 g/mol. The number of halogens is 3. The molecule has 0 bridgehead atoms. The van der Waals surface area contributed by atoms with Crippen LogP contribution in [0.5, 0.6) is 0 Å². The fraction of sp³-hybridized carbons (Fsp3) is 0.444. The second kappa shape index (κ2) is 12.1. The van der Waals surface area contributed by atoms with Gasteiger partial charge in [0.05, 0.1) is 21.9 Å². The van der Waals surface area contributed by atoms with Gasteiger partial charge in [0.25, 0.3) is 0 Å². The second-order valence-electron chi connectivity index (χ2n) is 9.68. The fourth-order valence-corrected chi connectivity index (χ4v) is 5.02. The Balaban J connectivity index is 0.000000448. The number of pyridine rings is 1. The van der Waals surface area contributed by atoms with Crippen molar-refractivity contribution in [2.24, 2.45) is 5.73 Å². The molecule has 0 spiro atoms. The molecule has 9 nitrogen and oxygen atoms in total. The lowest BCUT2D eigenvalue weighted by molar-refractivity contribution is -0.192. The highest BCUT2D eigenvalue weighted by molar-refractivity contribution is 6.07. The third-order valence-corrected chi connectivity index (χ3v) is 7.03. The molecule has 0 atom stereocenters. The first-order valence-electron chi connectivity index (χ1n) is 12.9. The number of aliphatic carboxylic acids is 1. The number of aryl methyl sites for hydroxylation is 1. The van der Waals surface area contributed by atoms with E-state index in [-0.39, 0.29) is 5.43 Å². The quantitative estimate of drug-likeness (QED) is 0.228. The summed E-state index contributed by atoms with van der Waals surface area (Å²) < 4.78 is 33.8. The number of carboxylic acid groups (broad SMARTS) is 1. The highest BCUT2D eigenvalue weighted by Crippen LogP contribution is 2.29. The summed E-state index contributed by atoms with van der Waals surface area (Å²) in [6.45, 7) is 10.3. The third kappa shape index (κ3) is 6.40. The number of nitrogens with two attached hydrogens (primary N) is 1. The van der Waals surface area contributed by atoms with Gasteiger partial charge >= 0.3 is 12.1 Å². The van der Waals surface area contributed by atoms with E-state index in [9.17, 15) is 18.0 Å². The molecule has 5 rings (SSSR count). The van der Waals surface area contributed by atoms with Crippen LogP contribution in [0, 0.1) is 6.92 Å². The molecule has 0 radical (unpaired) electrons. The molecular weight excluding hydrogens is 513 g/mol. The molecule has 0 saturated carbocycles. The van der Waals surface area contributed by atoms with Gasteiger partial charge in [0.2, 0.25) is 0 Å². The Labute approximate surface area is 223 Å². The molecule has 1 saturated heterocycles. The average Bonchev–Trinajstić information content (AvgIpc) is 3.34. The summed E-state index contributed by atoms with van der Waals surface area (Å²) in [6, 6.07) is 10.0. The van der Waals surface area contributed by atoms with E-state index in [1.165, 1.54) is 0 Å². The lowest BCUT2D eigenvalue weighted by atomic mass is 10.0. The highest BCUT2D eigenvalue weighted by atomic mass is 19.4. The number of hydrogen-bond acceptors (Lipinski definition) is 7. The van der Waals surface area contributed by atoms with Crippen LogP contribution in [0.15, 0.2) is 41.5 Å². The monoisotopic (exact) mass is 546 g/mol. The van der Waals surface area contributed by atoms with Gasteiger partial charge in [-0.3, -0.25) is 9.20 Å². The number of fused-ring (bicyclic) bond motifs is 2. The predicted octanol–water partition coefficient (Wildman–Crippen LogP) is 3.15. The minimum absolute atomic E-state index is 0.0906. The SMILES string of the molecule is Cc1cccc2c1c(=O)c1c(NCCCN3CCN(CCCN)CC3)ccc3ncn2c31.O=C(O)C(F)(F)F. The minimum atomic E-state index is -5.08. The zero-order valence-electron chi connectivity index (χ0n) is 21.8. The first-order chi connectivity index (χ1) is 18.6. The number of anilines is 1. The van der Waals surface area contributed by atoms with Gasteiger partial charge in [0.1, 0.15) is 6.33 Å². The number of piperazine rings is 1. The van der Waals surface area contributed by atoms with Crippen molar-refractivity contribution in [3.8, 4) is 0 Å². The highest BCUT2D eigenvalue weighted by Gasteiger charge is 2.38. The Morgan fingerprint density at radius 2 is 1.69 bits per heavy atom. The molecule has 4 aromatic rings. The van der Waals surface area contributed by atoms with Gasteiger partial charge in [0, 0.05) is 43.8 Å². The Kier molecular flexibility index (Phi) is 8.88. The van der Waals surface area contributed by atoms with Gasteiger partial charge in [-0.15, -0.1) is 0 Å². The maximum absolute atomic E-state index is 13.5. The fourth-order valence-electron chi connectivity index (χ4n) is 5.02. The molecule has 210 valence electrons. The maximum atomic E-state index is 13.5. The van der Waals surface area contributed by atoms with E-state index in [0.717, 1.165) is 104 Å². The lowest BCUT2D eigenvalue weighted by Gasteiger charge is -2.34. The van der Waals surface area contributed by atoms with Crippen LogP contribution in [0.25, 0.3) is 27.3 Å². The Hall–Kier alpha value is -3.48. The first-order valence-corrected chi connectivity index (χ1v) is 12.9. The molecule has 1 aliphatic heterocycles. The molecule has 4 N–H and O–H groups in total. The number of imidazole rings is 1. The summed E-state index contributed by atoms with van der Waals surface area (Å²) in [6.07, 6.45) is -1.13.